The number of hydrogen-bond donors (Lipinski definition) is 3. The second kappa shape index (κ2) is 7.36. The van der Waals surface area contributed by atoms with Gasteiger partial charge >= 0.3 is 0 Å². The average molecular weight is 357 g/mol. The minimum Gasteiger partial charge on any atom is -0.394 e. The van der Waals surface area contributed by atoms with Gasteiger partial charge in [-0.25, -0.2) is 15.0 Å². The van der Waals surface area contributed by atoms with Crippen molar-refractivity contribution in [1.82, 2.24) is 19.5 Å². The van der Waals surface area contributed by atoms with Gasteiger partial charge in [0.15, 0.2) is 17.0 Å². The summed E-state index contributed by atoms with van der Waals surface area (Å²) in [4.78, 5) is 14.7. The summed E-state index contributed by atoms with van der Waals surface area (Å²) in [6, 6.07) is 9.45. The van der Waals surface area contributed by atoms with E-state index in [1.165, 1.54) is 6.33 Å². The zero-order valence-corrected chi connectivity index (χ0v) is 14.8. The van der Waals surface area contributed by atoms with Gasteiger partial charge < -0.3 is 24.8 Å². The zero-order valence-electron chi connectivity index (χ0n) is 14.8. The molecule has 3 N–H and O–H groups in total. The Kier molecular flexibility index (Phi) is 5.17. The van der Waals surface area contributed by atoms with Crippen LogP contribution in [0.25, 0.3) is 11.2 Å². The Balaban J connectivity index is 1.88. The first kappa shape index (κ1) is 18.2. The van der Waals surface area contributed by atoms with Crippen LogP contribution in [-0.2, 0) is 12.1 Å². The third kappa shape index (κ3) is 3.67. The first-order valence-corrected chi connectivity index (χ1v) is 8.36. The highest BCUT2D eigenvalue weighted by Gasteiger charge is 2.26. The summed E-state index contributed by atoms with van der Waals surface area (Å²) in [5, 5.41) is 29.6. The maximum Gasteiger partial charge on any atom is 0.165 e. The summed E-state index contributed by atoms with van der Waals surface area (Å²) in [6.45, 7) is 1.93. The molecule has 8 nitrogen and oxygen atoms in total. The number of nitrogens with zero attached hydrogens (tertiary/aromatic N) is 5. The predicted molar refractivity (Wildman–Crippen MR) is 97.7 cm³/mol. The second-order valence-electron chi connectivity index (χ2n) is 6.60. The van der Waals surface area contributed by atoms with Gasteiger partial charge in [0.2, 0.25) is 0 Å². The normalized spacial score (nSPS) is 15.0. The van der Waals surface area contributed by atoms with Gasteiger partial charge in [0, 0.05) is 7.05 Å². The summed E-state index contributed by atoms with van der Waals surface area (Å²) in [7, 11) is 1.83. The van der Waals surface area contributed by atoms with Gasteiger partial charge in [-0.3, -0.25) is 0 Å². The number of likely N-dealkylation sites (N-methyl/N-ethyl adjacent to an activating group) is 1. The van der Waals surface area contributed by atoms with Crippen LogP contribution in [0.15, 0.2) is 43.0 Å². The van der Waals surface area contributed by atoms with Crippen molar-refractivity contribution in [3.63, 3.8) is 0 Å². The lowest BCUT2D eigenvalue weighted by Gasteiger charge is -2.30. The molecule has 0 aliphatic rings. The first-order chi connectivity index (χ1) is 12.4. The zero-order chi connectivity index (χ0) is 18.7. The Bertz CT molecular complexity index is 866. The molecule has 2 unspecified atom stereocenters. The molecule has 0 aliphatic carbocycles. The van der Waals surface area contributed by atoms with Crippen molar-refractivity contribution in [1.29, 1.82) is 0 Å². The van der Waals surface area contributed by atoms with E-state index in [-0.39, 0.29) is 13.2 Å². The van der Waals surface area contributed by atoms with Crippen LogP contribution in [-0.4, -0.2) is 61.1 Å². The Labute approximate surface area is 151 Å². The van der Waals surface area contributed by atoms with Gasteiger partial charge in [-0.2, -0.15) is 0 Å². The third-order valence-corrected chi connectivity index (χ3v) is 4.30. The van der Waals surface area contributed by atoms with Crippen LogP contribution < -0.4 is 4.90 Å². The summed E-state index contributed by atoms with van der Waals surface area (Å²) < 4.78 is 1.67. The van der Waals surface area contributed by atoms with Gasteiger partial charge in [-0.05, 0) is 12.5 Å². The van der Waals surface area contributed by atoms with Crippen LogP contribution >= 0.6 is 0 Å². The number of hydrogen-bond acceptors (Lipinski definition) is 7. The van der Waals surface area contributed by atoms with Crippen molar-refractivity contribution in [3.05, 3.63) is 48.5 Å². The molecule has 0 spiro atoms. The van der Waals surface area contributed by atoms with Gasteiger partial charge in [0.1, 0.15) is 11.9 Å². The lowest BCUT2D eigenvalue weighted by molar-refractivity contribution is 0.0655. The van der Waals surface area contributed by atoms with Crippen molar-refractivity contribution in [2.75, 3.05) is 25.1 Å². The Morgan fingerprint density at radius 3 is 2.62 bits per heavy atom. The topological polar surface area (TPSA) is 108 Å². The van der Waals surface area contributed by atoms with Gasteiger partial charge in [-0.15, -0.1) is 0 Å². The molecule has 0 aliphatic heterocycles. The number of benzene rings is 1. The molecule has 2 aromatic heterocycles. The van der Waals surface area contributed by atoms with Crippen LogP contribution in [0, 0.1) is 0 Å². The maximum atomic E-state index is 10.9. The lowest BCUT2D eigenvalue weighted by Crippen LogP contribution is -2.37. The standard InChI is InChI=1S/C18H23N5O3/c1-18(26,13-6-4-3-5-7-13)10-22(2)16-15-17(20-11-19-16)23(12-21-15)8-14(25)9-24/h3-7,11-12,14,24-26H,8-10H2,1-2H3. The van der Waals surface area contributed by atoms with Gasteiger partial charge in [0.25, 0.3) is 0 Å². The van der Waals surface area contributed by atoms with Crippen molar-refractivity contribution in [2.24, 2.45) is 0 Å². The average Bonchev–Trinajstić information content (AvgIpc) is 3.05. The van der Waals surface area contributed by atoms with Crippen LogP contribution in [0.1, 0.15) is 12.5 Å². The van der Waals surface area contributed by atoms with E-state index in [1.807, 2.05) is 42.3 Å². The van der Waals surface area contributed by atoms with Crippen molar-refractivity contribution >= 4 is 17.0 Å². The van der Waals surface area contributed by atoms with Crippen molar-refractivity contribution in [2.45, 2.75) is 25.2 Å². The Hall–Kier alpha value is -2.55. The monoisotopic (exact) mass is 357 g/mol. The molecule has 1 aromatic carbocycles. The number of imidazole rings is 1. The van der Waals surface area contributed by atoms with Crippen LogP contribution in [0.2, 0.25) is 0 Å². The quantitative estimate of drug-likeness (QED) is 0.566. The summed E-state index contributed by atoms with van der Waals surface area (Å²) >= 11 is 0. The van der Waals surface area contributed by atoms with E-state index in [9.17, 15) is 10.2 Å². The minimum absolute atomic E-state index is 0.189. The largest absolute Gasteiger partial charge is 0.394 e. The number of aromatic nitrogens is 4. The molecule has 3 rings (SSSR count). The smallest absolute Gasteiger partial charge is 0.165 e. The maximum absolute atomic E-state index is 10.9. The van der Waals surface area contributed by atoms with Crippen LogP contribution in [0.5, 0.6) is 0 Å². The van der Waals surface area contributed by atoms with E-state index in [2.05, 4.69) is 15.0 Å². The number of fused-ring (bicyclic) bond motifs is 1. The second-order valence-corrected chi connectivity index (χ2v) is 6.60. The molecule has 0 saturated heterocycles. The fraction of sp³-hybridized carbons (Fsp3) is 0.389. The molecule has 0 radical (unpaired) electrons. The molecular formula is C18H23N5O3. The Morgan fingerprint density at radius 1 is 1.19 bits per heavy atom. The highest BCUT2D eigenvalue weighted by Crippen LogP contribution is 2.26. The van der Waals surface area contributed by atoms with Crippen LogP contribution in [0.4, 0.5) is 5.82 Å². The molecular weight excluding hydrogens is 334 g/mol. The van der Waals surface area contributed by atoms with E-state index in [0.717, 1.165) is 5.56 Å². The molecule has 26 heavy (non-hydrogen) atoms. The molecule has 2 heterocycles. The van der Waals surface area contributed by atoms with E-state index < -0.39 is 11.7 Å². The molecule has 3 aromatic rings. The molecule has 0 saturated carbocycles. The van der Waals surface area contributed by atoms with E-state index in [4.69, 9.17) is 5.11 Å². The van der Waals surface area contributed by atoms with Gasteiger partial charge in [0.05, 0.1) is 32.1 Å². The highest BCUT2D eigenvalue weighted by molar-refractivity contribution is 5.83. The number of rotatable bonds is 7. The molecule has 0 amide bonds. The summed E-state index contributed by atoms with van der Waals surface area (Å²) in [5.74, 6) is 0.587. The fourth-order valence-electron chi connectivity index (χ4n) is 2.99. The lowest BCUT2D eigenvalue weighted by atomic mass is 9.95. The molecule has 0 bridgehead atoms. The SMILES string of the molecule is CN(CC(C)(O)c1ccccc1)c1ncnc2c1ncn2CC(O)CO. The molecule has 0 fully saturated rings. The van der Waals surface area contributed by atoms with Crippen molar-refractivity contribution in [3.8, 4) is 0 Å². The minimum atomic E-state index is -1.07. The number of aliphatic hydroxyl groups excluding tert-OH is 2. The Morgan fingerprint density at radius 2 is 1.92 bits per heavy atom. The molecule has 2 atom stereocenters. The van der Waals surface area contributed by atoms with E-state index in [1.54, 1.807) is 17.8 Å². The fourth-order valence-corrected chi connectivity index (χ4v) is 2.99. The summed E-state index contributed by atoms with van der Waals surface area (Å²) in [6.07, 6.45) is 2.10. The van der Waals surface area contributed by atoms with Gasteiger partial charge in [-0.1, -0.05) is 30.3 Å². The summed E-state index contributed by atoms with van der Waals surface area (Å²) in [5.41, 5.74) is 0.884. The van der Waals surface area contributed by atoms with Crippen molar-refractivity contribution < 1.29 is 15.3 Å². The molecule has 138 valence electrons. The first-order valence-electron chi connectivity index (χ1n) is 8.36. The number of aliphatic hydroxyl groups is 3. The third-order valence-electron chi connectivity index (χ3n) is 4.30. The highest BCUT2D eigenvalue weighted by atomic mass is 16.3. The number of anilines is 1. The molecule has 8 heteroatoms. The van der Waals surface area contributed by atoms with E-state index >= 15 is 0 Å². The predicted octanol–water partition coefficient (Wildman–Crippen LogP) is 0.523. The van der Waals surface area contributed by atoms with E-state index in [0.29, 0.717) is 23.5 Å². The van der Waals surface area contributed by atoms with Crippen LogP contribution in [0.3, 0.4) is 0 Å².